The molecule has 0 amide bonds. The lowest BCUT2D eigenvalue weighted by Gasteiger charge is -2.08. The van der Waals surface area contributed by atoms with Gasteiger partial charge in [-0.15, -0.1) is 0 Å². The Morgan fingerprint density at radius 1 is 0.441 bits per heavy atom. The van der Waals surface area contributed by atoms with Gasteiger partial charge in [0, 0.05) is 6.61 Å². The van der Waals surface area contributed by atoms with Crippen LogP contribution in [0.15, 0.2) is 0 Å². The molecule has 0 aromatic heterocycles. The highest BCUT2D eigenvalue weighted by Gasteiger charge is 1.99. The van der Waals surface area contributed by atoms with Gasteiger partial charge in [-0.2, -0.15) is 0 Å². The maximum absolute atomic E-state index is 10.9. The normalized spacial score (nSPS) is 11.2. The van der Waals surface area contributed by atoms with Gasteiger partial charge < -0.3 is 28.4 Å². The third kappa shape index (κ3) is 29.3. The van der Waals surface area contributed by atoms with E-state index >= 15 is 0 Å². The molecule has 0 atom stereocenters. The van der Waals surface area contributed by atoms with Crippen LogP contribution in [-0.2, 0) is 33.2 Å². The Labute approximate surface area is 209 Å². The van der Waals surface area contributed by atoms with Gasteiger partial charge >= 0.3 is 5.97 Å². The average molecular weight is 491 g/mol. The highest BCUT2D eigenvalue weighted by Crippen LogP contribution is 2.12. The summed E-state index contributed by atoms with van der Waals surface area (Å²) in [6.07, 6.45) is 18.1. The minimum atomic E-state index is -0.266. The van der Waals surface area contributed by atoms with Crippen molar-refractivity contribution in [2.45, 2.75) is 96.8 Å². The van der Waals surface area contributed by atoms with E-state index in [9.17, 15) is 4.79 Å². The zero-order valence-corrected chi connectivity index (χ0v) is 22.3. The van der Waals surface area contributed by atoms with Crippen molar-refractivity contribution in [1.29, 1.82) is 0 Å². The van der Waals surface area contributed by atoms with E-state index in [1.807, 2.05) is 0 Å². The molecule has 7 heteroatoms. The van der Waals surface area contributed by atoms with Crippen LogP contribution in [0.1, 0.15) is 96.8 Å². The van der Waals surface area contributed by atoms with E-state index in [1.165, 1.54) is 84.2 Å². The molecular weight excluding hydrogens is 436 g/mol. The van der Waals surface area contributed by atoms with Crippen molar-refractivity contribution in [3.8, 4) is 0 Å². The molecule has 0 aromatic rings. The van der Waals surface area contributed by atoms with Crippen molar-refractivity contribution in [2.75, 3.05) is 73.2 Å². The van der Waals surface area contributed by atoms with Crippen LogP contribution in [0.2, 0.25) is 0 Å². The van der Waals surface area contributed by atoms with E-state index in [4.69, 9.17) is 23.7 Å². The molecular formula is C27H54O7. The maximum atomic E-state index is 10.9. The molecule has 0 spiro atoms. The molecule has 0 radical (unpaired) electrons. The van der Waals surface area contributed by atoms with Crippen molar-refractivity contribution in [3.05, 3.63) is 0 Å². The second-order valence-corrected chi connectivity index (χ2v) is 8.63. The second kappa shape index (κ2) is 30.3. The van der Waals surface area contributed by atoms with Crippen molar-refractivity contribution >= 4 is 5.97 Å². The van der Waals surface area contributed by atoms with Gasteiger partial charge in [0.1, 0.15) is 0 Å². The summed E-state index contributed by atoms with van der Waals surface area (Å²) in [7, 11) is 1.37. The fourth-order valence-electron chi connectivity index (χ4n) is 3.46. The fraction of sp³-hybridized carbons (Fsp3) is 0.963. The van der Waals surface area contributed by atoms with Crippen LogP contribution < -0.4 is 0 Å². The van der Waals surface area contributed by atoms with Gasteiger partial charge in [0.25, 0.3) is 0 Å². The van der Waals surface area contributed by atoms with Gasteiger partial charge in [-0.05, 0) is 6.42 Å². The minimum Gasteiger partial charge on any atom is -0.469 e. The molecule has 0 fully saturated rings. The van der Waals surface area contributed by atoms with Crippen LogP contribution in [0, 0.1) is 0 Å². The zero-order chi connectivity index (χ0) is 24.8. The van der Waals surface area contributed by atoms with Gasteiger partial charge in [-0.25, -0.2) is 0 Å². The standard InChI is InChI=1S/C27H54O7/c1-3-4-5-6-7-8-9-10-11-12-13-14-15-17-30-19-21-32-23-25-34-26-24-33-22-20-31-18-16-27(28)29-2/h3-26H2,1-2H3. The molecule has 0 bridgehead atoms. The van der Waals surface area contributed by atoms with Crippen molar-refractivity contribution in [3.63, 3.8) is 0 Å². The molecule has 0 aliphatic rings. The van der Waals surface area contributed by atoms with E-state index in [0.29, 0.717) is 59.5 Å². The molecule has 0 unspecified atom stereocenters. The summed E-state index contributed by atoms with van der Waals surface area (Å²) >= 11 is 0. The van der Waals surface area contributed by atoms with Gasteiger partial charge in [0.05, 0.1) is 73.0 Å². The van der Waals surface area contributed by atoms with Crippen LogP contribution in [0.3, 0.4) is 0 Å². The molecule has 34 heavy (non-hydrogen) atoms. The lowest BCUT2D eigenvalue weighted by Crippen LogP contribution is -2.14. The molecule has 0 aliphatic carbocycles. The van der Waals surface area contributed by atoms with Crippen molar-refractivity contribution < 1.29 is 33.2 Å². The summed E-state index contributed by atoms with van der Waals surface area (Å²) in [5.74, 6) is -0.266. The Balaban J connectivity index is 3.02. The van der Waals surface area contributed by atoms with Crippen LogP contribution in [0.5, 0.6) is 0 Å². The van der Waals surface area contributed by atoms with Gasteiger partial charge in [-0.1, -0.05) is 84.0 Å². The molecule has 7 nitrogen and oxygen atoms in total. The van der Waals surface area contributed by atoms with E-state index in [1.54, 1.807) is 0 Å². The van der Waals surface area contributed by atoms with Gasteiger partial charge in [-0.3, -0.25) is 4.79 Å². The lowest BCUT2D eigenvalue weighted by atomic mass is 10.0. The van der Waals surface area contributed by atoms with E-state index in [2.05, 4.69) is 11.7 Å². The summed E-state index contributed by atoms with van der Waals surface area (Å²) < 4.78 is 31.8. The Kier molecular flexibility index (Phi) is 29.7. The monoisotopic (exact) mass is 490 g/mol. The summed E-state index contributed by atoms with van der Waals surface area (Å²) in [6.45, 7) is 7.84. The summed E-state index contributed by atoms with van der Waals surface area (Å²) in [5.41, 5.74) is 0. The highest BCUT2D eigenvalue weighted by atomic mass is 16.6. The van der Waals surface area contributed by atoms with Crippen LogP contribution in [0.4, 0.5) is 0 Å². The first kappa shape index (κ1) is 33.3. The summed E-state index contributed by atoms with van der Waals surface area (Å²) in [5, 5.41) is 0. The fourth-order valence-corrected chi connectivity index (χ4v) is 3.46. The first-order valence-corrected chi connectivity index (χ1v) is 13.8. The number of methoxy groups -OCH3 is 1. The van der Waals surface area contributed by atoms with Gasteiger partial charge in [0.15, 0.2) is 0 Å². The number of carbonyl (C=O) groups excluding carboxylic acids is 1. The molecule has 0 aromatic carbocycles. The lowest BCUT2D eigenvalue weighted by molar-refractivity contribution is -0.141. The Morgan fingerprint density at radius 3 is 1.15 bits per heavy atom. The van der Waals surface area contributed by atoms with Crippen molar-refractivity contribution in [1.82, 2.24) is 0 Å². The Bertz CT molecular complexity index is 393. The summed E-state index contributed by atoms with van der Waals surface area (Å²) in [4.78, 5) is 10.9. The third-order valence-electron chi connectivity index (χ3n) is 5.56. The van der Waals surface area contributed by atoms with E-state index < -0.39 is 0 Å². The number of hydrogen-bond donors (Lipinski definition) is 0. The SMILES string of the molecule is CCCCCCCCCCCCCCCOCCOCCOCCOCCOCCC(=O)OC. The molecule has 0 N–H and O–H groups in total. The molecule has 0 saturated heterocycles. The number of ether oxygens (including phenoxy) is 6. The second-order valence-electron chi connectivity index (χ2n) is 8.63. The van der Waals surface area contributed by atoms with Gasteiger partial charge in [0.2, 0.25) is 0 Å². The number of esters is 1. The number of rotatable bonds is 29. The first-order chi connectivity index (χ1) is 16.8. The minimum absolute atomic E-state index is 0.266. The molecule has 204 valence electrons. The molecule has 0 heterocycles. The average Bonchev–Trinajstić information content (AvgIpc) is 2.85. The van der Waals surface area contributed by atoms with Crippen LogP contribution in [-0.4, -0.2) is 79.1 Å². The topological polar surface area (TPSA) is 72.5 Å². The summed E-state index contributed by atoms with van der Waals surface area (Å²) in [6, 6.07) is 0. The Morgan fingerprint density at radius 2 is 0.765 bits per heavy atom. The highest BCUT2D eigenvalue weighted by molar-refractivity contribution is 5.69. The molecule has 0 aliphatic heterocycles. The van der Waals surface area contributed by atoms with E-state index in [0.717, 1.165) is 13.0 Å². The largest absolute Gasteiger partial charge is 0.469 e. The zero-order valence-electron chi connectivity index (χ0n) is 22.3. The number of carbonyl (C=O) groups is 1. The maximum Gasteiger partial charge on any atom is 0.307 e. The van der Waals surface area contributed by atoms with Crippen LogP contribution in [0.25, 0.3) is 0 Å². The quantitative estimate of drug-likeness (QED) is 0.0980. The smallest absolute Gasteiger partial charge is 0.307 e. The van der Waals surface area contributed by atoms with E-state index in [-0.39, 0.29) is 12.4 Å². The Hall–Kier alpha value is -0.730. The van der Waals surface area contributed by atoms with Crippen molar-refractivity contribution in [2.24, 2.45) is 0 Å². The predicted molar refractivity (Wildman–Crippen MR) is 136 cm³/mol. The third-order valence-corrected chi connectivity index (χ3v) is 5.56. The predicted octanol–water partition coefficient (Wildman–Crippen LogP) is 5.72. The number of unbranched alkanes of at least 4 members (excludes halogenated alkanes) is 12. The van der Waals surface area contributed by atoms with Crippen LogP contribution >= 0.6 is 0 Å². The molecule has 0 rings (SSSR count). The number of hydrogen-bond acceptors (Lipinski definition) is 7. The first-order valence-electron chi connectivity index (χ1n) is 13.8. The molecule has 0 saturated carbocycles.